The normalized spacial score (nSPS) is 16.7. The number of aromatic nitrogens is 3. The van der Waals surface area contributed by atoms with Crippen LogP contribution in [0.1, 0.15) is 32.0 Å². The van der Waals surface area contributed by atoms with Gasteiger partial charge < -0.3 is 4.90 Å². The molecule has 2 aromatic heterocycles. The van der Waals surface area contributed by atoms with Crippen LogP contribution in [0.25, 0.3) is 11.3 Å². The molecule has 0 radical (unpaired) electrons. The first-order valence-corrected chi connectivity index (χ1v) is 10.1. The summed E-state index contributed by atoms with van der Waals surface area (Å²) in [4.78, 5) is 23.8. The lowest BCUT2D eigenvalue weighted by Crippen LogP contribution is -2.36. The quantitative estimate of drug-likeness (QED) is 0.736. The highest BCUT2D eigenvalue weighted by atomic mass is 32.2. The number of halogens is 1. The molecule has 0 amide bonds. The second-order valence-corrected chi connectivity index (χ2v) is 9.38. The monoisotopic (exact) mass is 401 g/mol. The van der Waals surface area contributed by atoms with Crippen molar-refractivity contribution in [2.75, 3.05) is 26.4 Å². The van der Waals surface area contributed by atoms with E-state index in [2.05, 4.69) is 14.9 Å². The van der Waals surface area contributed by atoms with Crippen LogP contribution in [0.5, 0.6) is 0 Å². The minimum absolute atomic E-state index is 0.0699. The van der Waals surface area contributed by atoms with Crippen LogP contribution in [-0.4, -0.2) is 45.8 Å². The summed E-state index contributed by atoms with van der Waals surface area (Å²) in [5.41, 5.74) is -0.00717. The summed E-state index contributed by atoms with van der Waals surface area (Å²) in [6.07, 6.45) is 1.49. The fourth-order valence-corrected chi connectivity index (χ4v) is 4.43. The van der Waals surface area contributed by atoms with Crippen LogP contribution in [0.3, 0.4) is 0 Å². The highest BCUT2D eigenvalue weighted by Gasteiger charge is 2.27. The highest BCUT2D eigenvalue weighted by Crippen LogP contribution is 2.30. The van der Waals surface area contributed by atoms with Gasteiger partial charge in [-0.2, -0.15) is 5.26 Å². The lowest BCUT2D eigenvalue weighted by atomic mass is 9.90. The lowest BCUT2D eigenvalue weighted by Gasteiger charge is -2.27. The minimum Gasteiger partial charge on any atom is -0.309 e. The van der Waals surface area contributed by atoms with E-state index >= 15 is 0 Å². The number of hydrogen-bond donors (Lipinski definition) is 0. The van der Waals surface area contributed by atoms with E-state index in [9.17, 15) is 14.4 Å². The Morgan fingerprint density at radius 1 is 1.43 bits per heavy atom. The summed E-state index contributed by atoms with van der Waals surface area (Å²) in [5, 5.41) is 10.2. The van der Waals surface area contributed by atoms with Crippen molar-refractivity contribution in [2.24, 2.45) is 5.92 Å². The number of nitriles is 1. The van der Waals surface area contributed by atoms with E-state index in [1.54, 1.807) is 4.57 Å². The summed E-state index contributed by atoms with van der Waals surface area (Å²) < 4.78 is 16.2. The van der Waals surface area contributed by atoms with E-state index in [1.807, 2.05) is 40.9 Å². The van der Waals surface area contributed by atoms with Crippen LogP contribution in [0.2, 0.25) is 0 Å². The van der Waals surface area contributed by atoms with Gasteiger partial charge in [-0.05, 0) is 26.1 Å². The second kappa shape index (κ2) is 7.64. The summed E-state index contributed by atoms with van der Waals surface area (Å²) in [5.74, 6) is 0.674. The number of nitrogens with zero attached hydrogens (tertiary/aromatic N) is 5. The van der Waals surface area contributed by atoms with E-state index in [0.29, 0.717) is 28.9 Å². The van der Waals surface area contributed by atoms with Crippen LogP contribution >= 0.6 is 11.8 Å². The zero-order chi connectivity index (χ0) is 20.6. The number of hydrogen-bond acceptors (Lipinski definition) is 6. The third-order valence-electron chi connectivity index (χ3n) is 4.58. The lowest BCUT2D eigenvalue weighted by molar-refractivity contribution is 0.304. The molecule has 1 unspecified atom stereocenters. The molecule has 3 heterocycles. The molecule has 0 aliphatic carbocycles. The summed E-state index contributed by atoms with van der Waals surface area (Å²) >= 11 is 1.49. The van der Waals surface area contributed by atoms with Gasteiger partial charge in [-0.25, -0.2) is 9.37 Å². The van der Waals surface area contributed by atoms with Gasteiger partial charge in [0.2, 0.25) is 0 Å². The Hall–Kier alpha value is -2.24. The van der Waals surface area contributed by atoms with Gasteiger partial charge in [0, 0.05) is 36.0 Å². The first kappa shape index (κ1) is 20.5. The SMILES string of the molecule is CN(C)CC1CSc2nc(-c3cnc(C(C)(C)C)c(F)c3)c(C#N)c(=O)n2C1. The van der Waals surface area contributed by atoms with E-state index in [1.165, 1.54) is 24.0 Å². The van der Waals surface area contributed by atoms with Crippen molar-refractivity contribution in [3.8, 4) is 17.3 Å². The smallest absolute Gasteiger partial charge is 0.272 e. The molecule has 0 saturated heterocycles. The third kappa shape index (κ3) is 3.96. The zero-order valence-electron chi connectivity index (χ0n) is 16.8. The predicted octanol–water partition coefficient (Wildman–Crippen LogP) is 2.90. The number of fused-ring (bicyclic) bond motifs is 1. The van der Waals surface area contributed by atoms with Crippen molar-refractivity contribution in [1.82, 2.24) is 19.4 Å². The standard InChI is InChI=1S/C20H24FN5OS/c1-20(2,3)17-15(21)6-13(8-23-17)16-14(7-22)18(27)26-10-12(9-25(4)5)11-28-19(26)24-16/h6,8,12H,9-11H2,1-5H3. The molecular weight excluding hydrogens is 377 g/mol. The van der Waals surface area contributed by atoms with Crippen LogP contribution in [0, 0.1) is 23.1 Å². The first-order chi connectivity index (χ1) is 13.1. The van der Waals surface area contributed by atoms with E-state index in [-0.39, 0.29) is 16.8 Å². The van der Waals surface area contributed by atoms with Crippen molar-refractivity contribution in [3.63, 3.8) is 0 Å². The average molecular weight is 402 g/mol. The highest BCUT2D eigenvalue weighted by molar-refractivity contribution is 7.99. The molecule has 148 valence electrons. The van der Waals surface area contributed by atoms with Crippen LogP contribution in [0.15, 0.2) is 22.2 Å². The molecule has 2 aromatic rings. The molecule has 1 atom stereocenters. The van der Waals surface area contributed by atoms with E-state index in [4.69, 9.17) is 0 Å². The van der Waals surface area contributed by atoms with Gasteiger partial charge in [0.25, 0.3) is 5.56 Å². The van der Waals surface area contributed by atoms with Crippen molar-refractivity contribution in [1.29, 1.82) is 5.26 Å². The molecule has 8 heteroatoms. The Balaban J connectivity index is 2.08. The maximum atomic E-state index is 14.6. The Labute approximate surface area is 168 Å². The van der Waals surface area contributed by atoms with Gasteiger partial charge in [0.15, 0.2) is 5.16 Å². The first-order valence-electron chi connectivity index (χ1n) is 9.10. The maximum absolute atomic E-state index is 14.6. The number of rotatable bonds is 3. The molecule has 0 aromatic carbocycles. The van der Waals surface area contributed by atoms with Crippen molar-refractivity contribution in [3.05, 3.63) is 39.7 Å². The number of thioether (sulfide) groups is 1. The summed E-state index contributed by atoms with van der Waals surface area (Å²) in [7, 11) is 3.99. The van der Waals surface area contributed by atoms with Gasteiger partial charge in [-0.3, -0.25) is 14.3 Å². The molecule has 1 aliphatic heterocycles. The number of pyridine rings is 1. The molecule has 0 bridgehead atoms. The van der Waals surface area contributed by atoms with Crippen LogP contribution in [0.4, 0.5) is 4.39 Å². The van der Waals surface area contributed by atoms with Gasteiger partial charge in [-0.1, -0.05) is 32.5 Å². The molecule has 0 spiro atoms. The molecule has 0 fully saturated rings. The summed E-state index contributed by atoms with van der Waals surface area (Å²) in [6.45, 7) is 7.01. The van der Waals surface area contributed by atoms with Gasteiger partial charge >= 0.3 is 0 Å². The molecule has 0 saturated carbocycles. The molecule has 28 heavy (non-hydrogen) atoms. The van der Waals surface area contributed by atoms with Gasteiger partial charge in [0.1, 0.15) is 17.4 Å². The Morgan fingerprint density at radius 2 is 2.14 bits per heavy atom. The Morgan fingerprint density at radius 3 is 2.71 bits per heavy atom. The average Bonchev–Trinajstić information content (AvgIpc) is 2.60. The molecule has 0 N–H and O–H groups in total. The molecule has 6 nitrogen and oxygen atoms in total. The van der Waals surface area contributed by atoms with Crippen LogP contribution in [-0.2, 0) is 12.0 Å². The van der Waals surface area contributed by atoms with E-state index in [0.717, 1.165) is 12.3 Å². The molecule has 3 rings (SSSR count). The van der Waals surface area contributed by atoms with Crippen molar-refractivity contribution >= 4 is 11.8 Å². The van der Waals surface area contributed by atoms with E-state index < -0.39 is 11.2 Å². The van der Waals surface area contributed by atoms with Gasteiger partial charge in [-0.15, -0.1) is 0 Å². The van der Waals surface area contributed by atoms with Crippen LogP contribution < -0.4 is 5.56 Å². The maximum Gasteiger partial charge on any atom is 0.272 e. The molecule has 1 aliphatic rings. The Bertz CT molecular complexity index is 1000. The predicted molar refractivity (Wildman–Crippen MR) is 108 cm³/mol. The van der Waals surface area contributed by atoms with Crippen molar-refractivity contribution < 1.29 is 4.39 Å². The Kier molecular flexibility index (Phi) is 5.60. The zero-order valence-corrected chi connectivity index (χ0v) is 17.6. The minimum atomic E-state index is -0.466. The second-order valence-electron chi connectivity index (χ2n) is 8.39. The molecular formula is C20H24FN5OS. The topological polar surface area (TPSA) is 74.8 Å². The van der Waals surface area contributed by atoms with Gasteiger partial charge in [0.05, 0.1) is 11.4 Å². The fourth-order valence-electron chi connectivity index (χ4n) is 3.37. The fraction of sp³-hybridized carbons (Fsp3) is 0.500. The third-order valence-corrected chi connectivity index (χ3v) is 5.79. The largest absolute Gasteiger partial charge is 0.309 e. The summed E-state index contributed by atoms with van der Waals surface area (Å²) in [6, 6.07) is 3.28. The van der Waals surface area contributed by atoms with Crippen molar-refractivity contribution in [2.45, 2.75) is 37.9 Å².